The SMILES string of the molecule is NC(=O)c1cc2c([nH]1)C(=C=O)NC=C2. The van der Waals surface area contributed by atoms with Gasteiger partial charge in [-0.15, -0.1) is 0 Å². The van der Waals surface area contributed by atoms with Crippen molar-refractivity contribution < 1.29 is 9.59 Å². The Balaban J connectivity index is 2.60. The van der Waals surface area contributed by atoms with Gasteiger partial charge in [-0.25, -0.2) is 4.79 Å². The Labute approximate surface area is 79.3 Å². The first-order valence-electron chi connectivity index (χ1n) is 3.93. The molecule has 0 unspecified atom stereocenters. The number of nitrogens with one attached hydrogen (secondary N) is 2. The zero-order valence-electron chi connectivity index (χ0n) is 7.13. The molecular weight excluding hydrogens is 182 g/mol. The molecule has 0 aliphatic carbocycles. The fraction of sp³-hybridized carbons (Fsp3) is 0. The maximum Gasteiger partial charge on any atom is 0.265 e. The number of carbonyl (C=O) groups excluding carboxylic acids is 2. The third kappa shape index (κ3) is 1.12. The van der Waals surface area contributed by atoms with Crippen LogP contribution in [-0.4, -0.2) is 16.8 Å². The largest absolute Gasteiger partial charge is 0.364 e. The number of primary amides is 1. The first-order valence-corrected chi connectivity index (χ1v) is 3.93. The number of nitrogens with two attached hydrogens (primary N) is 1. The Bertz CT molecular complexity index is 478. The average molecular weight is 189 g/mol. The van der Waals surface area contributed by atoms with E-state index in [2.05, 4.69) is 10.3 Å². The van der Waals surface area contributed by atoms with Crippen LogP contribution in [-0.2, 0) is 4.79 Å². The molecule has 5 nitrogen and oxygen atoms in total. The molecule has 14 heavy (non-hydrogen) atoms. The molecule has 0 radical (unpaired) electrons. The van der Waals surface area contributed by atoms with E-state index >= 15 is 0 Å². The second-order valence-electron chi connectivity index (χ2n) is 2.83. The van der Waals surface area contributed by atoms with Crippen LogP contribution < -0.4 is 11.1 Å². The van der Waals surface area contributed by atoms with Crippen molar-refractivity contribution in [3.05, 3.63) is 29.2 Å². The quantitative estimate of drug-likeness (QED) is 0.537. The van der Waals surface area contributed by atoms with Crippen molar-refractivity contribution >= 4 is 23.6 Å². The van der Waals surface area contributed by atoms with Crippen LogP contribution in [0, 0.1) is 0 Å². The maximum absolute atomic E-state index is 10.9. The molecule has 70 valence electrons. The van der Waals surface area contributed by atoms with Gasteiger partial charge in [0.05, 0.1) is 5.69 Å². The molecule has 0 bridgehead atoms. The summed E-state index contributed by atoms with van der Waals surface area (Å²) >= 11 is 0. The smallest absolute Gasteiger partial charge is 0.265 e. The van der Waals surface area contributed by atoms with Crippen molar-refractivity contribution in [2.24, 2.45) is 5.73 Å². The predicted molar refractivity (Wildman–Crippen MR) is 50.6 cm³/mol. The van der Waals surface area contributed by atoms with Crippen molar-refractivity contribution in [3.63, 3.8) is 0 Å². The molecule has 1 aliphatic rings. The summed E-state index contributed by atoms with van der Waals surface area (Å²) in [7, 11) is 0. The minimum absolute atomic E-state index is 0.273. The lowest BCUT2D eigenvalue weighted by molar-refractivity contribution is 0.0996. The first-order chi connectivity index (χ1) is 6.72. The van der Waals surface area contributed by atoms with Crippen LogP contribution in [0.3, 0.4) is 0 Å². The Kier molecular flexibility index (Phi) is 1.73. The summed E-state index contributed by atoms with van der Waals surface area (Å²) in [6, 6.07) is 1.59. The normalized spacial score (nSPS) is 13.0. The summed E-state index contributed by atoms with van der Waals surface area (Å²) in [4.78, 5) is 24.1. The lowest BCUT2D eigenvalue weighted by Gasteiger charge is -2.06. The Morgan fingerprint density at radius 3 is 2.93 bits per heavy atom. The number of aromatic nitrogens is 1. The topological polar surface area (TPSA) is 88.0 Å². The Morgan fingerprint density at radius 1 is 1.50 bits per heavy atom. The van der Waals surface area contributed by atoms with E-state index in [4.69, 9.17) is 5.73 Å². The number of hydrogen-bond donors (Lipinski definition) is 3. The molecule has 2 rings (SSSR count). The molecule has 0 saturated carbocycles. The summed E-state index contributed by atoms with van der Waals surface area (Å²) in [5.74, 6) is 1.18. The van der Waals surface area contributed by atoms with E-state index in [1.165, 1.54) is 0 Å². The number of H-pyrrole nitrogens is 1. The number of amides is 1. The van der Waals surface area contributed by atoms with Crippen molar-refractivity contribution in [3.8, 4) is 0 Å². The average Bonchev–Trinajstić information content (AvgIpc) is 2.60. The molecule has 4 N–H and O–H groups in total. The molecule has 0 saturated heterocycles. The summed E-state index contributed by atoms with van der Waals surface area (Å²) in [5.41, 5.74) is 6.92. The summed E-state index contributed by atoms with van der Waals surface area (Å²) in [6.45, 7) is 0. The zero-order chi connectivity index (χ0) is 10.1. The van der Waals surface area contributed by atoms with Crippen LogP contribution in [0.1, 0.15) is 21.7 Å². The lowest BCUT2D eigenvalue weighted by Crippen LogP contribution is -2.12. The summed E-state index contributed by atoms with van der Waals surface area (Å²) in [5, 5.41) is 2.71. The zero-order valence-corrected chi connectivity index (χ0v) is 7.13. The molecule has 0 aromatic carbocycles. The highest BCUT2D eigenvalue weighted by Crippen LogP contribution is 2.20. The fourth-order valence-electron chi connectivity index (χ4n) is 1.31. The number of rotatable bonds is 1. The van der Waals surface area contributed by atoms with E-state index < -0.39 is 5.91 Å². The number of hydrogen-bond acceptors (Lipinski definition) is 3. The van der Waals surface area contributed by atoms with Crippen LogP contribution >= 0.6 is 0 Å². The van der Waals surface area contributed by atoms with E-state index in [0.717, 1.165) is 5.56 Å². The number of aromatic amines is 1. The van der Waals surface area contributed by atoms with Gasteiger partial charge in [0, 0.05) is 11.8 Å². The van der Waals surface area contributed by atoms with Crippen molar-refractivity contribution in [2.45, 2.75) is 0 Å². The van der Waals surface area contributed by atoms with Crippen LogP contribution in [0.5, 0.6) is 0 Å². The number of carbonyl (C=O) groups is 1. The molecule has 0 fully saturated rings. The van der Waals surface area contributed by atoms with E-state index in [-0.39, 0.29) is 11.4 Å². The van der Waals surface area contributed by atoms with E-state index in [0.29, 0.717) is 5.69 Å². The maximum atomic E-state index is 10.9. The van der Waals surface area contributed by atoms with Crippen LogP contribution in [0.25, 0.3) is 11.8 Å². The van der Waals surface area contributed by atoms with Gasteiger partial charge in [0.1, 0.15) is 11.4 Å². The monoisotopic (exact) mass is 189 g/mol. The van der Waals surface area contributed by atoms with Gasteiger partial charge in [0.15, 0.2) is 5.94 Å². The van der Waals surface area contributed by atoms with E-state index in [1.54, 1.807) is 24.3 Å². The molecule has 5 heteroatoms. The van der Waals surface area contributed by atoms with Gasteiger partial charge in [-0.1, -0.05) is 0 Å². The van der Waals surface area contributed by atoms with Gasteiger partial charge in [-0.2, -0.15) is 0 Å². The van der Waals surface area contributed by atoms with E-state index in [9.17, 15) is 9.59 Å². The molecule has 0 spiro atoms. The lowest BCUT2D eigenvalue weighted by atomic mass is 10.1. The third-order valence-electron chi connectivity index (χ3n) is 1.96. The molecular formula is C9H7N3O2. The summed E-state index contributed by atoms with van der Waals surface area (Å²) in [6.07, 6.45) is 3.33. The summed E-state index contributed by atoms with van der Waals surface area (Å²) < 4.78 is 0. The van der Waals surface area contributed by atoms with Gasteiger partial charge < -0.3 is 16.0 Å². The highest BCUT2D eigenvalue weighted by molar-refractivity contribution is 5.96. The van der Waals surface area contributed by atoms with Crippen LogP contribution in [0.4, 0.5) is 0 Å². The van der Waals surface area contributed by atoms with Gasteiger partial charge in [0.25, 0.3) is 5.91 Å². The van der Waals surface area contributed by atoms with Crippen molar-refractivity contribution in [2.75, 3.05) is 0 Å². The molecule has 1 aromatic rings. The molecule has 1 aromatic heterocycles. The minimum atomic E-state index is -0.557. The number of fused-ring (bicyclic) bond motifs is 1. The second-order valence-corrected chi connectivity index (χ2v) is 2.83. The van der Waals surface area contributed by atoms with Crippen molar-refractivity contribution in [1.29, 1.82) is 0 Å². The van der Waals surface area contributed by atoms with Crippen LogP contribution in [0.2, 0.25) is 0 Å². The van der Waals surface area contributed by atoms with Crippen LogP contribution in [0.15, 0.2) is 12.3 Å². The Morgan fingerprint density at radius 2 is 2.29 bits per heavy atom. The molecule has 1 amide bonds. The van der Waals surface area contributed by atoms with Gasteiger partial charge in [-0.3, -0.25) is 4.79 Å². The fourth-order valence-corrected chi connectivity index (χ4v) is 1.31. The van der Waals surface area contributed by atoms with Gasteiger partial charge >= 0.3 is 0 Å². The third-order valence-corrected chi connectivity index (χ3v) is 1.96. The standard InChI is InChI=1S/C9H7N3O2/c10-9(14)6-3-5-1-2-11-7(4-13)8(5)12-6/h1-3,11-12H,(H2,10,14). The minimum Gasteiger partial charge on any atom is -0.364 e. The first kappa shape index (κ1) is 8.34. The highest BCUT2D eigenvalue weighted by atomic mass is 16.1. The second kappa shape index (κ2) is 2.90. The van der Waals surface area contributed by atoms with Gasteiger partial charge in [0.2, 0.25) is 0 Å². The molecule has 0 atom stereocenters. The predicted octanol–water partition coefficient (Wildman–Crippen LogP) is -0.140. The molecule has 1 aliphatic heterocycles. The Hall–Kier alpha value is -2.26. The highest BCUT2D eigenvalue weighted by Gasteiger charge is 2.16. The van der Waals surface area contributed by atoms with Crippen molar-refractivity contribution in [1.82, 2.24) is 10.3 Å². The molecule has 2 heterocycles. The van der Waals surface area contributed by atoms with Gasteiger partial charge in [-0.05, 0) is 12.1 Å². The van der Waals surface area contributed by atoms with E-state index in [1.807, 2.05) is 0 Å².